The summed E-state index contributed by atoms with van der Waals surface area (Å²) in [6, 6.07) is 11.5. The minimum atomic E-state index is -3.86. The first-order chi connectivity index (χ1) is 16.3. The molecule has 1 unspecified atom stereocenters. The van der Waals surface area contributed by atoms with Crippen LogP contribution in [0.1, 0.15) is 53.3 Å². The predicted molar refractivity (Wildman–Crippen MR) is 128 cm³/mol. The van der Waals surface area contributed by atoms with E-state index in [9.17, 15) is 18.0 Å². The van der Waals surface area contributed by atoms with E-state index in [2.05, 4.69) is 4.98 Å². The van der Waals surface area contributed by atoms with Crippen LogP contribution >= 0.6 is 0 Å². The number of methoxy groups -OCH3 is 1. The van der Waals surface area contributed by atoms with Gasteiger partial charge in [0, 0.05) is 35.8 Å². The van der Waals surface area contributed by atoms with Gasteiger partial charge in [0.2, 0.25) is 15.8 Å². The van der Waals surface area contributed by atoms with Crippen molar-refractivity contribution in [3.8, 4) is 5.75 Å². The molecule has 1 aliphatic rings. The number of hydrogen-bond acceptors (Lipinski definition) is 6. The lowest BCUT2D eigenvalue weighted by molar-refractivity contribution is 0.0319. The molecule has 3 aromatic rings. The molecular weight excluding hydrogens is 456 g/mol. The van der Waals surface area contributed by atoms with E-state index in [0.717, 1.165) is 36.6 Å². The lowest BCUT2D eigenvalue weighted by Gasteiger charge is -2.21. The predicted octanol–water partition coefficient (Wildman–Crippen LogP) is 4.17. The average molecular weight is 485 g/mol. The second-order valence-electron chi connectivity index (χ2n) is 8.34. The normalized spacial score (nSPS) is 16.1. The molecule has 1 saturated heterocycles. The van der Waals surface area contributed by atoms with E-state index < -0.39 is 22.1 Å². The zero-order chi connectivity index (χ0) is 24.3. The maximum Gasteiger partial charge on any atom is 0.338 e. The van der Waals surface area contributed by atoms with Gasteiger partial charge in [-0.25, -0.2) is 13.2 Å². The van der Waals surface area contributed by atoms with Crippen molar-refractivity contribution >= 4 is 32.7 Å². The van der Waals surface area contributed by atoms with E-state index in [4.69, 9.17) is 9.47 Å². The fourth-order valence-electron chi connectivity index (χ4n) is 4.20. The first-order valence-corrected chi connectivity index (χ1v) is 12.8. The zero-order valence-corrected chi connectivity index (χ0v) is 20.1. The first-order valence-electron chi connectivity index (χ1n) is 11.3. The number of nitrogens with one attached hydrogen (secondary N) is 1. The molecule has 0 spiro atoms. The molecule has 0 amide bonds. The van der Waals surface area contributed by atoms with E-state index in [1.54, 1.807) is 6.20 Å². The number of aromatic nitrogens is 1. The summed E-state index contributed by atoms with van der Waals surface area (Å²) in [6.45, 7) is 2.35. The molecule has 0 saturated carbocycles. The maximum absolute atomic E-state index is 13.3. The maximum atomic E-state index is 13.3. The Labute approximate surface area is 198 Å². The van der Waals surface area contributed by atoms with Crippen molar-refractivity contribution in [2.45, 2.75) is 43.6 Å². The highest BCUT2D eigenvalue weighted by molar-refractivity contribution is 7.89. The third-order valence-corrected chi connectivity index (χ3v) is 8.01. The monoisotopic (exact) mass is 484 g/mol. The zero-order valence-electron chi connectivity index (χ0n) is 19.2. The van der Waals surface area contributed by atoms with Crippen LogP contribution in [0.25, 0.3) is 10.9 Å². The quantitative estimate of drug-likeness (QED) is 0.399. The summed E-state index contributed by atoms with van der Waals surface area (Å²) < 4.78 is 38.8. The second-order valence-corrected chi connectivity index (χ2v) is 10.3. The number of para-hydroxylation sites is 1. The topological polar surface area (TPSA) is 106 Å². The Bertz CT molecular complexity index is 1310. The van der Waals surface area contributed by atoms with Crippen LogP contribution in [0, 0.1) is 0 Å². The van der Waals surface area contributed by atoms with Crippen LogP contribution in [0.4, 0.5) is 0 Å². The van der Waals surface area contributed by atoms with Crippen LogP contribution in [0.3, 0.4) is 0 Å². The molecule has 2 heterocycles. The molecule has 0 bridgehead atoms. The molecule has 1 aromatic heterocycles. The fourth-order valence-corrected chi connectivity index (χ4v) is 5.90. The number of Topliss-reactive ketones (excluding diaryl/α,β-unsaturated/α-hetero) is 1. The van der Waals surface area contributed by atoms with E-state index in [1.165, 1.54) is 36.5 Å². The summed E-state index contributed by atoms with van der Waals surface area (Å²) in [6.07, 6.45) is 4.08. The SMILES string of the molecule is COc1ccc(C(=O)OC(C)C(=O)c2c[nH]c3ccccc23)cc1S(=O)(=O)N1CCCCCC1. The Morgan fingerprint density at radius 1 is 1.03 bits per heavy atom. The van der Waals surface area contributed by atoms with Crippen LogP contribution in [-0.2, 0) is 14.8 Å². The van der Waals surface area contributed by atoms with E-state index in [0.29, 0.717) is 18.7 Å². The smallest absolute Gasteiger partial charge is 0.338 e. The van der Waals surface area contributed by atoms with E-state index >= 15 is 0 Å². The molecule has 1 atom stereocenters. The van der Waals surface area contributed by atoms with Crippen LogP contribution in [0.15, 0.2) is 53.6 Å². The van der Waals surface area contributed by atoms with Crippen molar-refractivity contribution in [3.63, 3.8) is 0 Å². The van der Waals surface area contributed by atoms with Crippen molar-refractivity contribution in [2.24, 2.45) is 0 Å². The lowest BCUT2D eigenvalue weighted by Crippen LogP contribution is -2.32. The number of carbonyl (C=O) groups excluding carboxylic acids is 2. The summed E-state index contributed by atoms with van der Waals surface area (Å²) in [5.74, 6) is -0.976. The Kier molecular flexibility index (Phi) is 7.04. The molecule has 0 aliphatic carbocycles. The number of sulfonamides is 1. The Balaban J connectivity index is 1.57. The van der Waals surface area contributed by atoms with Gasteiger partial charge in [0.1, 0.15) is 10.6 Å². The number of aromatic amines is 1. The molecule has 1 fully saturated rings. The number of hydrogen-bond donors (Lipinski definition) is 1. The fraction of sp³-hybridized carbons (Fsp3) is 0.360. The van der Waals surface area contributed by atoms with Gasteiger partial charge in [-0.2, -0.15) is 4.31 Å². The Hall–Kier alpha value is -3.17. The standard InChI is InChI=1S/C25H28N2O6S/c1-17(24(28)20-16-26-21-10-6-5-9-19(20)21)33-25(29)18-11-12-22(32-2)23(15-18)34(30,31)27-13-7-3-4-8-14-27/h5-6,9-12,15-17,26H,3-4,7-8,13-14H2,1-2H3. The average Bonchev–Trinajstić information content (AvgIpc) is 3.07. The van der Waals surface area contributed by atoms with Gasteiger partial charge < -0.3 is 14.5 Å². The second kappa shape index (κ2) is 9.99. The molecule has 1 N–H and O–H groups in total. The van der Waals surface area contributed by atoms with Crippen LogP contribution in [0.5, 0.6) is 5.75 Å². The van der Waals surface area contributed by atoms with Crippen molar-refractivity contribution in [2.75, 3.05) is 20.2 Å². The van der Waals surface area contributed by atoms with E-state index in [-0.39, 0.29) is 22.0 Å². The van der Waals surface area contributed by atoms with Gasteiger partial charge in [-0.1, -0.05) is 31.0 Å². The molecule has 9 heteroatoms. The number of nitrogens with zero attached hydrogens (tertiary/aromatic N) is 1. The third kappa shape index (κ3) is 4.71. The number of H-pyrrole nitrogens is 1. The summed E-state index contributed by atoms with van der Waals surface area (Å²) in [5, 5.41) is 0.741. The highest BCUT2D eigenvalue weighted by Gasteiger charge is 2.30. The molecule has 1 aliphatic heterocycles. The number of rotatable bonds is 7. The molecule has 2 aromatic carbocycles. The van der Waals surface area contributed by atoms with E-state index in [1.807, 2.05) is 24.3 Å². The number of fused-ring (bicyclic) bond motifs is 1. The minimum Gasteiger partial charge on any atom is -0.495 e. The van der Waals surface area contributed by atoms with Gasteiger partial charge in [0.05, 0.1) is 12.7 Å². The summed E-state index contributed by atoms with van der Waals surface area (Å²) >= 11 is 0. The van der Waals surface area contributed by atoms with Gasteiger partial charge in [-0.3, -0.25) is 4.79 Å². The van der Waals surface area contributed by atoms with Crippen molar-refractivity contribution < 1.29 is 27.5 Å². The first kappa shape index (κ1) is 24.0. The minimum absolute atomic E-state index is 0.0350. The van der Waals surface area contributed by atoms with Gasteiger partial charge in [-0.05, 0) is 44.0 Å². The Morgan fingerprint density at radius 3 is 2.44 bits per heavy atom. The molecule has 4 rings (SSSR count). The Morgan fingerprint density at radius 2 is 1.74 bits per heavy atom. The molecular formula is C25H28N2O6S. The number of benzene rings is 2. The van der Waals surface area contributed by atoms with Crippen molar-refractivity contribution in [3.05, 3.63) is 59.8 Å². The van der Waals surface area contributed by atoms with Gasteiger partial charge in [0.15, 0.2) is 6.10 Å². The number of ketones is 1. The molecule has 8 nitrogen and oxygen atoms in total. The van der Waals surface area contributed by atoms with Crippen LogP contribution < -0.4 is 4.74 Å². The molecule has 0 radical (unpaired) electrons. The number of esters is 1. The molecule has 34 heavy (non-hydrogen) atoms. The highest BCUT2D eigenvalue weighted by atomic mass is 32.2. The van der Waals surface area contributed by atoms with Gasteiger partial charge in [0.25, 0.3) is 0 Å². The van der Waals surface area contributed by atoms with Crippen molar-refractivity contribution in [1.82, 2.24) is 9.29 Å². The summed E-state index contributed by atoms with van der Waals surface area (Å²) in [7, 11) is -2.47. The van der Waals surface area contributed by atoms with Crippen LogP contribution in [0.2, 0.25) is 0 Å². The number of carbonyl (C=O) groups is 2. The third-order valence-electron chi connectivity index (χ3n) is 6.09. The van der Waals surface area contributed by atoms with Crippen LogP contribution in [-0.4, -0.2) is 55.8 Å². The highest BCUT2D eigenvalue weighted by Crippen LogP contribution is 2.30. The lowest BCUT2D eigenvalue weighted by atomic mass is 10.1. The van der Waals surface area contributed by atoms with Gasteiger partial charge >= 0.3 is 5.97 Å². The largest absolute Gasteiger partial charge is 0.495 e. The summed E-state index contributed by atoms with van der Waals surface area (Å²) in [4.78, 5) is 28.8. The van der Waals surface area contributed by atoms with Gasteiger partial charge in [-0.15, -0.1) is 0 Å². The van der Waals surface area contributed by atoms with Crippen molar-refractivity contribution in [1.29, 1.82) is 0 Å². The summed E-state index contributed by atoms with van der Waals surface area (Å²) in [5.41, 5.74) is 1.27. The number of ether oxygens (including phenoxy) is 2. The molecule has 180 valence electrons.